The van der Waals surface area contributed by atoms with E-state index in [0.717, 1.165) is 25.2 Å². The van der Waals surface area contributed by atoms with Crippen molar-refractivity contribution in [2.75, 3.05) is 0 Å². The molecule has 2 aliphatic carbocycles. The molecule has 0 radical (unpaired) electrons. The molecule has 0 aliphatic heterocycles. The molecule has 0 spiro atoms. The zero-order valence-electron chi connectivity index (χ0n) is 11.4. The highest BCUT2D eigenvalue weighted by Crippen LogP contribution is 2.32. The van der Waals surface area contributed by atoms with Gasteiger partial charge in [0.25, 0.3) is 0 Å². The van der Waals surface area contributed by atoms with Crippen LogP contribution in [0.3, 0.4) is 0 Å². The Morgan fingerprint density at radius 2 is 1.94 bits per heavy atom. The largest absolute Gasteiger partial charge is 0.352 e. The lowest BCUT2D eigenvalue weighted by Gasteiger charge is -2.23. The molecule has 3 nitrogen and oxygen atoms in total. The third kappa shape index (κ3) is 4.43. The molecule has 0 saturated heterocycles. The Hall–Kier alpha value is -0.280. The standard InChI is InChI=1S/C14H26N2O.ClH/c1-11(16-13(17)14(15)9-10-14)7-8-12-5-3-2-4-6-12;/h11-12H,2-10,15H2,1H3,(H,16,17);1H. The summed E-state index contributed by atoms with van der Waals surface area (Å²) in [6, 6.07) is 0.283. The summed E-state index contributed by atoms with van der Waals surface area (Å²) >= 11 is 0. The Kier molecular flexibility index (Phi) is 5.93. The van der Waals surface area contributed by atoms with Gasteiger partial charge in [-0.15, -0.1) is 12.4 Å². The van der Waals surface area contributed by atoms with E-state index in [1.165, 1.54) is 38.5 Å². The zero-order chi connectivity index (χ0) is 12.3. The van der Waals surface area contributed by atoms with Crippen LogP contribution in [-0.2, 0) is 4.79 Å². The molecule has 106 valence electrons. The van der Waals surface area contributed by atoms with Crippen LogP contribution in [0.4, 0.5) is 0 Å². The second-order valence-electron chi connectivity index (χ2n) is 6.11. The quantitative estimate of drug-likeness (QED) is 0.810. The molecule has 4 heteroatoms. The summed E-state index contributed by atoms with van der Waals surface area (Å²) in [7, 11) is 0. The van der Waals surface area contributed by atoms with Crippen LogP contribution in [0.5, 0.6) is 0 Å². The minimum Gasteiger partial charge on any atom is -0.352 e. The maximum Gasteiger partial charge on any atom is 0.240 e. The van der Waals surface area contributed by atoms with Gasteiger partial charge in [0.15, 0.2) is 0 Å². The van der Waals surface area contributed by atoms with E-state index in [1.807, 2.05) is 0 Å². The number of hydrogen-bond donors (Lipinski definition) is 2. The fourth-order valence-corrected chi connectivity index (χ4v) is 2.76. The third-order valence-electron chi connectivity index (χ3n) is 4.35. The number of carbonyl (C=O) groups excluding carboxylic acids is 1. The van der Waals surface area contributed by atoms with Crippen LogP contribution in [0.1, 0.15) is 64.7 Å². The van der Waals surface area contributed by atoms with E-state index >= 15 is 0 Å². The van der Waals surface area contributed by atoms with Gasteiger partial charge < -0.3 is 11.1 Å². The van der Waals surface area contributed by atoms with Crippen LogP contribution in [0.25, 0.3) is 0 Å². The lowest BCUT2D eigenvalue weighted by atomic mass is 9.85. The van der Waals surface area contributed by atoms with Crippen molar-refractivity contribution >= 4 is 18.3 Å². The lowest BCUT2D eigenvalue weighted by Crippen LogP contribution is -2.46. The van der Waals surface area contributed by atoms with Crippen LogP contribution >= 0.6 is 12.4 Å². The van der Waals surface area contributed by atoms with Crippen LogP contribution in [0, 0.1) is 5.92 Å². The van der Waals surface area contributed by atoms with Gasteiger partial charge in [-0.05, 0) is 38.5 Å². The molecule has 2 fully saturated rings. The van der Waals surface area contributed by atoms with E-state index in [4.69, 9.17) is 5.73 Å². The van der Waals surface area contributed by atoms with Crippen molar-refractivity contribution < 1.29 is 4.79 Å². The Balaban J connectivity index is 0.00000162. The Bertz CT molecular complexity index is 273. The Labute approximate surface area is 117 Å². The molecule has 1 amide bonds. The number of nitrogens with two attached hydrogens (primary N) is 1. The van der Waals surface area contributed by atoms with Crippen molar-refractivity contribution in [2.45, 2.75) is 76.3 Å². The number of carbonyl (C=O) groups is 1. The van der Waals surface area contributed by atoms with E-state index in [-0.39, 0.29) is 24.4 Å². The molecule has 18 heavy (non-hydrogen) atoms. The smallest absolute Gasteiger partial charge is 0.240 e. The number of nitrogens with one attached hydrogen (secondary N) is 1. The van der Waals surface area contributed by atoms with E-state index < -0.39 is 5.54 Å². The summed E-state index contributed by atoms with van der Waals surface area (Å²) in [5.41, 5.74) is 5.35. The number of halogens is 1. The molecule has 0 aromatic heterocycles. The van der Waals surface area contributed by atoms with E-state index in [1.54, 1.807) is 0 Å². The molecule has 0 aromatic rings. The molecular weight excluding hydrogens is 248 g/mol. The van der Waals surface area contributed by atoms with Gasteiger partial charge in [0, 0.05) is 6.04 Å². The Morgan fingerprint density at radius 3 is 2.50 bits per heavy atom. The van der Waals surface area contributed by atoms with Crippen LogP contribution in [-0.4, -0.2) is 17.5 Å². The van der Waals surface area contributed by atoms with Gasteiger partial charge >= 0.3 is 0 Å². The molecule has 0 heterocycles. The van der Waals surface area contributed by atoms with E-state index in [0.29, 0.717) is 0 Å². The maximum absolute atomic E-state index is 11.8. The first-order valence-electron chi connectivity index (χ1n) is 7.20. The Morgan fingerprint density at radius 1 is 1.33 bits per heavy atom. The highest BCUT2D eigenvalue weighted by atomic mass is 35.5. The highest BCUT2D eigenvalue weighted by Gasteiger charge is 2.46. The summed E-state index contributed by atoms with van der Waals surface area (Å²) in [5.74, 6) is 0.963. The second kappa shape index (κ2) is 6.76. The number of hydrogen-bond acceptors (Lipinski definition) is 2. The van der Waals surface area contributed by atoms with Crippen molar-refractivity contribution in [1.82, 2.24) is 5.32 Å². The van der Waals surface area contributed by atoms with Gasteiger partial charge in [-0.3, -0.25) is 4.79 Å². The average molecular weight is 275 g/mol. The van der Waals surface area contributed by atoms with Gasteiger partial charge in [0.2, 0.25) is 5.91 Å². The van der Waals surface area contributed by atoms with E-state index in [2.05, 4.69) is 12.2 Å². The highest BCUT2D eigenvalue weighted by molar-refractivity contribution is 5.89. The number of amides is 1. The van der Waals surface area contributed by atoms with Gasteiger partial charge in [-0.25, -0.2) is 0 Å². The van der Waals surface area contributed by atoms with Crippen molar-refractivity contribution in [2.24, 2.45) is 11.7 Å². The molecular formula is C14H27ClN2O. The normalized spacial score (nSPS) is 23.9. The molecule has 2 rings (SSSR count). The molecule has 0 bridgehead atoms. The molecule has 2 aliphatic rings. The van der Waals surface area contributed by atoms with Crippen molar-refractivity contribution in [3.05, 3.63) is 0 Å². The summed E-state index contributed by atoms with van der Waals surface area (Å²) in [5, 5.41) is 3.06. The van der Waals surface area contributed by atoms with Gasteiger partial charge in [-0.1, -0.05) is 32.1 Å². The van der Waals surface area contributed by atoms with E-state index in [9.17, 15) is 4.79 Å². The predicted molar refractivity (Wildman–Crippen MR) is 76.8 cm³/mol. The number of rotatable bonds is 5. The minimum absolute atomic E-state index is 0. The molecule has 3 N–H and O–H groups in total. The van der Waals surface area contributed by atoms with Crippen molar-refractivity contribution in [3.8, 4) is 0 Å². The summed E-state index contributed by atoms with van der Waals surface area (Å²) in [6.07, 6.45) is 11.1. The maximum atomic E-state index is 11.8. The van der Waals surface area contributed by atoms with Crippen molar-refractivity contribution in [1.29, 1.82) is 0 Å². The van der Waals surface area contributed by atoms with Gasteiger partial charge in [0.1, 0.15) is 0 Å². The summed E-state index contributed by atoms with van der Waals surface area (Å²) in [6.45, 7) is 2.10. The summed E-state index contributed by atoms with van der Waals surface area (Å²) < 4.78 is 0. The molecule has 1 unspecified atom stereocenters. The average Bonchev–Trinajstić information content (AvgIpc) is 3.07. The topological polar surface area (TPSA) is 55.1 Å². The second-order valence-corrected chi connectivity index (χ2v) is 6.11. The zero-order valence-corrected chi connectivity index (χ0v) is 12.2. The minimum atomic E-state index is -0.515. The predicted octanol–water partition coefficient (Wildman–Crippen LogP) is 2.76. The molecule has 1 atom stereocenters. The van der Waals surface area contributed by atoms with Crippen molar-refractivity contribution in [3.63, 3.8) is 0 Å². The van der Waals surface area contributed by atoms with Gasteiger partial charge in [0.05, 0.1) is 5.54 Å². The third-order valence-corrected chi connectivity index (χ3v) is 4.35. The molecule has 2 saturated carbocycles. The first kappa shape index (κ1) is 15.8. The molecule has 0 aromatic carbocycles. The van der Waals surface area contributed by atoms with Crippen LogP contribution < -0.4 is 11.1 Å². The van der Waals surface area contributed by atoms with Crippen LogP contribution in [0.15, 0.2) is 0 Å². The first-order chi connectivity index (χ1) is 8.10. The fraction of sp³-hybridized carbons (Fsp3) is 0.929. The SMILES string of the molecule is CC(CCC1CCCCC1)NC(=O)C1(N)CC1.Cl. The fourth-order valence-electron chi connectivity index (χ4n) is 2.76. The monoisotopic (exact) mass is 274 g/mol. The summed E-state index contributed by atoms with van der Waals surface area (Å²) in [4.78, 5) is 11.8. The van der Waals surface area contributed by atoms with Gasteiger partial charge in [-0.2, -0.15) is 0 Å². The van der Waals surface area contributed by atoms with Crippen LogP contribution in [0.2, 0.25) is 0 Å². The first-order valence-corrected chi connectivity index (χ1v) is 7.20. The lowest BCUT2D eigenvalue weighted by molar-refractivity contribution is -0.123.